The fourth-order valence-corrected chi connectivity index (χ4v) is 8.90. The zero-order valence-corrected chi connectivity index (χ0v) is 26.7. The highest BCUT2D eigenvalue weighted by molar-refractivity contribution is 5.98. The Morgan fingerprint density at radius 3 is 2.38 bits per heavy atom. The Morgan fingerprint density at radius 1 is 0.978 bits per heavy atom. The molecule has 0 N–H and O–H groups in total. The van der Waals surface area contributed by atoms with Gasteiger partial charge in [0.2, 0.25) is 0 Å². The maximum atomic E-state index is 13.9. The second-order valence-electron chi connectivity index (χ2n) is 14.0. The van der Waals surface area contributed by atoms with Crippen LogP contribution in [0.15, 0.2) is 90.0 Å². The van der Waals surface area contributed by atoms with Crippen LogP contribution < -0.4 is 0 Å². The number of carbonyl (C=O) groups excluding carboxylic acids is 2. The predicted octanol–water partition coefficient (Wildman–Crippen LogP) is 6.90. The number of carbonyl (C=O) groups is 2. The highest BCUT2D eigenvalue weighted by Crippen LogP contribution is 2.67. The van der Waals surface area contributed by atoms with Crippen molar-refractivity contribution < 1.29 is 33.3 Å². The first-order valence-electron chi connectivity index (χ1n) is 16.0. The minimum atomic E-state index is -1.02. The Labute approximate surface area is 265 Å². The van der Waals surface area contributed by atoms with Crippen LogP contribution in [0, 0.1) is 16.7 Å². The Morgan fingerprint density at radius 2 is 1.67 bits per heavy atom. The summed E-state index contributed by atoms with van der Waals surface area (Å²) in [6.45, 7) is 14.9. The van der Waals surface area contributed by atoms with Gasteiger partial charge in [0.25, 0.3) is 0 Å². The molecule has 2 saturated carbocycles. The van der Waals surface area contributed by atoms with Gasteiger partial charge in [0.1, 0.15) is 17.8 Å². The molecule has 2 aromatic carbocycles. The normalized spacial score (nSPS) is 38.7. The van der Waals surface area contributed by atoms with E-state index < -0.39 is 53.3 Å². The van der Waals surface area contributed by atoms with E-state index in [9.17, 15) is 9.59 Å². The van der Waals surface area contributed by atoms with Crippen molar-refractivity contribution in [3.05, 3.63) is 101 Å². The second-order valence-corrected chi connectivity index (χ2v) is 14.0. The first-order valence-corrected chi connectivity index (χ1v) is 16.0. The molecule has 7 nitrogen and oxygen atoms in total. The quantitative estimate of drug-likeness (QED) is 0.212. The summed E-state index contributed by atoms with van der Waals surface area (Å²) in [6, 6.07) is 19.5. The number of rotatable bonds is 4. The molecule has 2 aliphatic heterocycles. The SMILES string of the molecule is C=C1[C@@H](OC(=O)/C=C/c2ccccc2)CC[C@@]2(C)[C@H]3O[C@@H](C)O[C@@H]3C3=C(C)C(=O)C[C@]4(O[C@@H](c5ccccc5)O[C@H]4[C@H]12)C3(C)C. The molecule has 0 amide bonds. The molecular formula is C38H42O7. The van der Waals surface area contributed by atoms with Gasteiger partial charge in [0.05, 0.1) is 12.2 Å². The average Bonchev–Trinajstić information content (AvgIpc) is 3.59. The lowest BCUT2D eigenvalue weighted by atomic mass is 9.48. The van der Waals surface area contributed by atoms with Crippen LogP contribution in [0.1, 0.15) is 71.3 Å². The number of esters is 1. The summed E-state index contributed by atoms with van der Waals surface area (Å²) >= 11 is 0. The Balaban J connectivity index is 1.33. The van der Waals surface area contributed by atoms with Gasteiger partial charge < -0.3 is 23.7 Å². The lowest BCUT2D eigenvalue weighted by Crippen LogP contribution is -2.68. The van der Waals surface area contributed by atoms with Crippen molar-refractivity contribution in [3.8, 4) is 0 Å². The van der Waals surface area contributed by atoms with E-state index in [4.69, 9.17) is 23.7 Å². The molecule has 0 radical (unpaired) electrons. The van der Waals surface area contributed by atoms with E-state index in [1.54, 1.807) is 6.08 Å². The highest BCUT2D eigenvalue weighted by Gasteiger charge is 2.72. The minimum absolute atomic E-state index is 0.0209. The number of hydrogen-bond donors (Lipinski definition) is 0. The van der Waals surface area contributed by atoms with Crippen LogP contribution in [0.5, 0.6) is 0 Å². The largest absolute Gasteiger partial charge is 0.455 e. The summed E-state index contributed by atoms with van der Waals surface area (Å²) in [5.41, 5.74) is 2.02. The number of ether oxygens (including phenoxy) is 5. The maximum absolute atomic E-state index is 13.9. The van der Waals surface area contributed by atoms with Crippen LogP contribution in [-0.2, 0) is 33.3 Å². The smallest absolute Gasteiger partial charge is 0.331 e. The average molecular weight is 611 g/mol. The van der Waals surface area contributed by atoms with E-state index in [1.165, 1.54) is 6.08 Å². The number of allylic oxidation sites excluding steroid dienone is 1. The summed E-state index contributed by atoms with van der Waals surface area (Å²) in [7, 11) is 0. The third-order valence-electron chi connectivity index (χ3n) is 11.2. The van der Waals surface area contributed by atoms with Crippen LogP contribution in [-0.4, -0.2) is 48.1 Å². The molecule has 3 aliphatic carbocycles. The van der Waals surface area contributed by atoms with Gasteiger partial charge in [-0.05, 0) is 55.0 Å². The molecule has 5 aliphatic rings. The number of fused-ring (bicyclic) bond motifs is 6. The zero-order valence-electron chi connectivity index (χ0n) is 26.7. The lowest BCUT2D eigenvalue weighted by Gasteiger charge is -2.60. The van der Waals surface area contributed by atoms with Crippen molar-refractivity contribution in [2.75, 3.05) is 0 Å². The van der Waals surface area contributed by atoms with Gasteiger partial charge in [-0.3, -0.25) is 4.79 Å². The van der Waals surface area contributed by atoms with Crippen molar-refractivity contribution in [1.82, 2.24) is 0 Å². The molecular weight excluding hydrogens is 568 g/mol. The molecule has 7 heteroatoms. The number of Topliss-reactive ketones (excluding diaryl/α,β-unsaturated/α-hetero) is 1. The molecule has 2 saturated heterocycles. The number of benzene rings is 2. The van der Waals surface area contributed by atoms with Crippen molar-refractivity contribution in [1.29, 1.82) is 0 Å². The van der Waals surface area contributed by atoms with Crippen LogP contribution >= 0.6 is 0 Å². The molecule has 236 valence electrons. The summed E-state index contributed by atoms with van der Waals surface area (Å²) in [5.74, 6) is -0.766. The molecule has 7 rings (SSSR count). The first-order chi connectivity index (χ1) is 21.5. The molecule has 2 heterocycles. The topological polar surface area (TPSA) is 80.3 Å². The fraction of sp³-hybridized carbons (Fsp3) is 0.474. The van der Waals surface area contributed by atoms with Gasteiger partial charge in [0.15, 0.2) is 18.4 Å². The van der Waals surface area contributed by atoms with E-state index >= 15 is 0 Å². The first kappa shape index (κ1) is 30.3. The Hall–Kier alpha value is -3.36. The van der Waals surface area contributed by atoms with E-state index in [-0.39, 0.29) is 24.2 Å². The maximum Gasteiger partial charge on any atom is 0.331 e. The monoisotopic (exact) mass is 610 g/mol. The van der Waals surface area contributed by atoms with Crippen molar-refractivity contribution in [2.45, 2.75) is 96.5 Å². The van der Waals surface area contributed by atoms with E-state index in [1.807, 2.05) is 74.5 Å². The van der Waals surface area contributed by atoms with E-state index in [0.717, 1.165) is 27.8 Å². The molecule has 4 fully saturated rings. The van der Waals surface area contributed by atoms with Crippen molar-refractivity contribution >= 4 is 17.8 Å². The van der Waals surface area contributed by atoms with Gasteiger partial charge in [-0.2, -0.15) is 0 Å². The highest BCUT2D eigenvalue weighted by atomic mass is 16.7. The number of ketones is 1. The van der Waals surface area contributed by atoms with Crippen LogP contribution in [0.25, 0.3) is 6.08 Å². The summed E-state index contributed by atoms with van der Waals surface area (Å²) in [4.78, 5) is 27.1. The third kappa shape index (κ3) is 4.62. The minimum Gasteiger partial charge on any atom is -0.455 e. The van der Waals surface area contributed by atoms with Gasteiger partial charge in [-0.15, -0.1) is 0 Å². The van der Waals surface area contributed by atoms with Crippen LogP contribution in [0.4, 0.5) is 0 Å². The van der Waals surface area contributed by atoms with Crippen LogP contribution in [0.2, 0.25) is 0 Å². The van der Waals surface area contributed by atoms with E-state index in [0.29, 0.717) is 12.8 Å². The third-order valence-corrected chi connectivity index (χ3v) is 11.2. The Kier molecular flexibility index (Phi) is 7.32. The second kappa shape index (κ2) is 10.9. The molecule has 9 atom stereocenters. The van der Waals surface area contributed by atoms with Gasteiger partial charge in [-0.1, -0.05) is 88.0 Å². The summed E-state index contributed by atoms with van der Waals surface area (Å²) in [5, 5.41) is 0. The molecule has 2 aromatic rings. The fourth-order valence-electron chi connectivity index (χ4n) is 8.90. The van der Waals surface area contributed by atoms with Crippen LogP contribution in [0.3, 0.4) is 0 Å². The molecule has 0 aromatic heterocycles. The van der Waals surface area contributed by atoms with Gasteiger partial charge in [0, 0.05) is 34.8 Å². The molecule has 1 spiro atoms. The summed E-state index contributed by atoms with van der Waals surface area (Å²) < 4.78 is 33.4. The zero-order chi connectivity index (χ0) is 31.7. The van der Waals surface area contributed by atoms with Gasteiger partial charge in [-0.25, -0.2) is 4.79 Å². The predicted molar refractivity (Wildman–Crippen MR) is 169 cm³/mol. The summed E-state index contributed by atoms with van der Waals surface area (Å²) in [6.07, 6.45) is 1.60. The van der Waals surface area contributed by atoms with Gasteiger partial charge >= 0.3 is 5.97 Å². The van der Waals surface area contributed by atoms with Crippen molar-refractivity contribution in [3.63, 3.8) is 0 Å². The standard InChI is InChI=1S/C38H42O7/c1-22-27(39)21-38-33(44-35(45-38)26-15-11-8-12-16-26)31-23(2)28(43-29(40)18-17-25-13-9-7-10-14-25)19-20-37(31,6)34-32(41-24(3)42-34)30(22)36(38,4)5/h7-18,24,28,31-35H,2,19-21H2,1,3-6H3/b18-17+/t24-,28-,31-,32+,33-,34-,35-,37+,38+/m0/s1. The number of hydrogen-bond acceptors (Lipinski definition) is 7. The Bertz CT molecular complexity index is 1580. The van der Waals surface area contributed by atoms with Crippen molar-refractivity contribution in [2.24, 2.45) is 16.7 Å². The lowest BCUT2D eigenvalue weighted by molar-refractivity contribution is -0.167. The molecule has 0 unspecified atom stereocenters. The van der Waals surface area contributed by atoms with E-state index in [2.05, 4.69) is 27.4 Å². The molecule has 45 heavy (non-hydrogen) atoms. The molecule has 2 bridgehead atoms.